The van der Waals surface area contributed by atoms with Crippen LogP contribution in [0.5, 0.6) is 0 Å². The Balaban J connectivity index is 2.85. The highest BCUT2D eigenvalue weighted by atomic mass is 19.1. The molecule has 4 atom stereocenters. The molecule has 4 heteroatoms. The molecule has 1 aliphatic carbocycles. The van der Waals surface area contributed by atoms with Crippen molar-refractivity contribution in [3.63, 3.8) is 0 Å². The van der Waals surface area contributed by atoms with Gasteiger partial charge in [0.25, 0.3) is 0 Å². The predicted octanol–water partition coefficient (Wildman–Crippen LogP) is 1.60. The number of aliphatic carboxylic acids is 1. The molecule has 0 saturated heterocycles. The van der Waals surface area contributed by atoms with E-state index in [4.69, 9.17) is 5.11 Å². The second-order valence-electron chi connectivity index (χ2n) is 4.35. The van der Waals surface area contributed by atoms with Crippen LogP contribution in [0.4, 0.5) is 4.39 Å². The van der Waals surface area contributed by atoms with Crippen LogP contribution in [0, 0.1) is 11.8 Å². The summed E-state index contributed by atoms with van der Waals surface area (Å²) in [5.74, 6) is -1.69. The zero-order valence-electron chi connectivity index (χ0n) is 8.53. The summed E-state index contributed by atoms with van der Waals surface area (Å²) >= 11 is 0. The highest BCUT2D eigenvalue weighted by Gasteiger charge is 2.49. The van der Waals surface area contributed by atoms with Crippen LogP contribution in [-0.2, 0) is 4.79 Å². The molecule has 0 aromatic rings. The van der Waals surface area contributed by atoms with Gasteiger partial charge in [-0.05, 0) is 18.3 Å². The largest absolute Gasteiger partial charge is 0.479 e. The van der Waals surface area contributed by atoms with E-state index in [9.17, 15) is 14.3 Å². The highest BCUT2D eigenvalue weighted by molar-refractivity contribution is 5.73. The molecule has 0 aromatic heterocycles. The monoisotopic (exact) mass is 204 g/mol. The number of hydrogen-bond donors (Lipinski definition) is 2. The van der Waals surface area contributed by atoms with Gasteiger partial charge in [0.05, 0.1) is 0 Å². The summed E-state index contributed by atoms with van der Waals surface area (Å²) in [6.45, 7) is 3.64. The van der Waals surface area contributed by atoms with Crippen molar-refractivity contribution < 1.29 is 19.4 Å². The van der Waals surface area contributed by atoms with E-state index in [0.717, 1.165) is 6.42 Å². The third kappa shape index (κ3) is 1.75. The molecule has 0 spiro atoms. The Labute approximate surface area is 82.9 Å². The lowest BCUT2D eigenvalue weighted by atomic mass is 9.68. The smallest absolute Gasteiger partial charge is 0.341 e. The third-order valence-electron chi connectivity index (χ3n) is 3.53. The van der Waals surface area contributed by atoms with E-state index in [-0.39, 0.29) is 18.3 Å². The van der Waals surface area contributed by atoms with Crippen molar-refractivity contribution in [2.45, 2.75) is 44.9 Å². The third-order valence-corrected chi connectivity index (χ3v) is 3.53. The molecule has 0 bridgehead atoms. The van der Waals surface area contributed by atoms with Crippen LogP contribution < -0.4 is 0 Å². The Morgan fingerprint density at radius 2 is 2.14 bits per heavy atom. The fourth-order valence-electron chi connectivity index (χ4n) is 2.25. The normalized spacial score (nSPS) is 40.6. The SMILES string of the molecule is CC1CCCC(O)(C(F)C(=O)O)C1C. The lowest BCUT2D eigenvalue weighted by molar-refractivity contribution is -0.166. The quantitative estimate of drug-likeness (QED) is 0.718. The van der Waals surface area contributed by atoms with E-state index in [1.807, 2.05) is 6.92 Å². The van der Waals surface area contributed by atoms with Crippen molar-refractivity contribution in [2.75, 3.05) is 0 Å². The standard InChI is InChI=1S/C10H17FO3/c1-6-4-3-5-10(14,7(6)2)8(11)9(12)13/h6-8,14H,3-5H2,1-2H3,(H,12,13). The summed E-state index contributed by atoms with van der Waals surface area (Å²) in [6, 6.07) is 0. The van der Waals surface area contributed by atoms with Gasteiger partial charge in [-0.1, -0.05) is 26.7 Å². The van der Waals surface area contributed by atoms with Gasteiger partial charge in [0.15, 0.2) is 0 Å². The summed E-state index contributed by atoms with van der Waals surface area (Å²) in [5, 5.41) is 18.6. The number of alkyl halides is 1. The van der Waals surface area contributed by atoms with Crippen molar-refractivity contribution in [2.24, 2.45) is 11.8 Å². The number of carboxylic acid groups (broad SMARTS) is 1. The molecule has 14 heavy (non-hydrogen) atoms. The second-order valence-corrected chi connectivity index (χ2v) is 4.35. The van der Waals surface area contributed by atoms with Crippen molar-refractivity contribution in [1.82, 2.24) is 0 Å². The zero-order chi connectivity index (χ0) is 10.9. The van der Waals surface area contributed by atoms with Crippen molar-refractivity contribution in [3.05, 3.63) is 0 Å². The number of rotatable bonds is 2. The minimum Gasteiger partial charge on any atom is -0.479 e. The van der Waals surface area contributed by atoms with Gasteiger partial charge in [-0.2, -0.15) is 0 Å². The number of halogens is 1. The molecule has 0 heterocycles. The number of hydrogen-bond acceptors (Lipinski definition) is 2. The van der Waals surface area contributed by atoms with E-state index < -0.39 is 17.7 Å². The van der Waals surface area contributed by atoms with Gasteiger partial charge in [0.2, 0.25) is 6.17 Å². The minimum atomic E-state index is -2.17. The molecule has 0 aliphatic heterocycles. The maximum absolute atomic E-state index is 13.4. The molecule has 0 radical (unpaired) electrons. The first-order chi connectivity index (χ1) is 6.39. The van der Waals surface area contributed by atoms with Gasteiger partial charge in [-0.3, -0.25) is 0 Å². The molecule has 0 aromatic carbocycles. The fourth-order valence-corrected chi connectivity index (χ4v) is 2.25. The summed E-state index contributed by atoms with van der Waals surface area (Å²) in [6.07, 6.45) is -0.308. The number of aliphatic hydroxyl groups is 1. The van der Waals surface area contributed by atoms with Gasteiger partial charge < -0.3 is 10.2 Å². The Kier molecular flexibility index (Phi) is 3.14. The summed E-state index contributed by atoms with van der Waals surface area (Å²) in [7, 11) is 0. The van der Waals surface area contributed by atoms with Gasteiger partial charge in [-0.15, -0.1) is 0 Å². The molecule has 2 N–H and O–H groups in total. The van der Waals surface area contributed by atoms with E-state index >= 15 is 0 Å². The summed E-state index contributed by atoms with van der Waals surface area (Å²) in [5.41, 5.74) is -1.68. The van der Waals surface area contributed by atoms with E-state index in [1.54, 1.807) is 6.92 Å². The van der Waals surface area contributed by atoms with Crippen LogP contribution in [0.3, 0.4) is 0 Å². The van der Waals surface area contributed by atoms with Gasteiger partial charge in [0.1, 0.15) is 5.60 Å². The second kappa shape index (κ2) is 3.85. The first-order valence-corrected chi connectivity index (χ1v) is 4.99. The molecule has 3 nitrogen and oxygen atoms in total. The Morgan fingerprint density at radius 3 is 2.64 bits per heavy atom. The number of carboxylic acids is 1. The fraction of sp³-hybridized carbons (Fsp3) is 0.900. The summed E-state index contributed by atoms with van der Waals surface area (Å²) < 4.78 is 13.4. The average molecular weight is 204 g/mol. The Bertz CT molecular complexity index is 231. The number of carbonyl (C=O) groups is 1. The van der Waals surface area contributed by atoms with Crippen LogP contribution in [0.25, 0.3) is 0 Å². The Hall–Kier alpha value is -0.640. The van der Waals surface area contributed by atoms with E-state index in [2.05, 4.69) is 0 Å². The molecule has 0 amide bonds. The molecule has 1 rings (SSSR count). The predicted molar refractivity (Wildman–Crippen MR) is 49.7 cm³/mol. The van der Waals surface area contributed by atoms with Crippen LogP contribution in [-0.4, -0.2) is 28.0 Å². The molecule has 82 valence electrons. The van der Waals surface area contributed by atoms with Gasteiger partial charge in [-0.25, -0.2) is 9.18 Å². The minimum absolute atomic E-state index is 0.173. The van der Waals surface area contributed by atoms with Crippen molar-refractivity contribution in [1.29, 1.82) is 0 Å². The molecule has 1 aliphatic rings. The maximum atomic E-state index is 13.4. The molecule has 1 saturated carbocycles. The van der Waals surface area contributed by atoms with Gasteiger partial charge in [0, 0.05) is 0 Å². The van der Waals surface area contributed by atoms with Crippen molar-refractivity contribution in [3.8, 4) is 0 Å². The summed E-state index contributed by atoms with van der Waals surface area (Å²) in [4.78, 5) is 10.5. The lowest BCUT2D eigenvalue weighted by Gasteiger charge is -2.42. The molecule has 4 unspecified atom stereocenters. The van der Waals surface area contributed by atoms with E-state index in [1.165, 1.54) is 0 Å². The first-order valence-electron chi connectivity index (χ1n) is 4.99. The van der Waals surface area contributed by atoms with Crippen LogP contribution >= 0.6 is 0 Å². The molecule has 1 fully saturated rings. The molecular weight excluding hydrogens is 187 g/mol. The molecular formula is C10H17FO3. The van der Waals surface area contributed by atoms with Crippen molar-refractivity contribution >= 4 is 5.97 Å². The highest BCUT2D eigenvalue weighted by Crippen LogP contribution is 2.40. The van der Waals surface area contributed by atoms with Crippen LogP contribution in [0.15, 0.2) is 0 Å². The van der Waals surface area contributed by atoms with E-state index in [0.29, 0.717) is 6.42 Å². The lowest BCUT2D eigenvalue weighted by Crippen LogP contribution is -2.53. The topological polar surface area (TPSA) is 57.5 Å². The van der Waals surface area contributed by atoms with Crippen LogP contribution in [0.1, 0.15) is 33.1 Å². The maximum Gasteiger partial charge on any atom is 0.341 e. The Morgan fingerprint density at radius 1 is 1.57 bits per heavy atom. The average Bonchev–Trinajstić information content (AvgIpc) is 2.12. The van der Waals surface area contributed by atoms with Gasteiger partial charge >= 0.3 is 5.97 Å². The first kappa shape index (κ1) is 11.4. The van der Waals surface area contributed by atoms with Crippen LogP contribution in [0.2, 0.25) is 0 Å². The zero-order valence-corrected chi connectivity index (χ0v) is 8.53.